The number of hydrogen-bond donors (Lipinski definition) is 1. The molecule has 0 atom stereocenters. The van der Waals surface area contributed by atoms with Crippen LogP contribution in [0, 0.1) is 13.8 Å². The smallest absolute Gasteiger partial charge is 0.341 e. The summed E-state index contributed by atoms with van der Waals surface area (Å²) in [5.74, 6) is -1.55. The Morgan fingerprint density at radius 2 is 1.85 bits per heavy atom. The normalized spacial score (nSPS) is 12.4. The van der Waals surface area contributed by atoms with Gasteiger partial charge in [0.25, 0.3) is 5.91 Å². The fraction of sp³-hybridized carbons (Fsp3) is 0.350. The standard InChI is InChI=1S/C20H21NO5S/c1-11-12(2)27-18(17(11)20(24)25-3)21-16(22)10-26-19(23)15-8-7-13-5-4-6-14(13)9-15/h7-9H,4-6,10H2,1-3H3,(H,21,22). The van der Waals surface area contributed by atoms with E-state index in [1.807, 2.05) is 19.1 Å². The Hall–Kier alpha value is -2.67. The van der Waals surface area contributed by atoms with Gasteiger partial charge in [0.1, 0.15) is 5.00 Å². The zero-order valence-electron chi connectivity index (χ0n) is 15.5. The van der Waals surface area contributed by atoms with Gasteiger partial charge in [-0.05, 0) is 61.9 Å². The maximum absolute atomic E-state index is 12.2. The third kappa shape index (κ3) is 4.03. The number of ether oxygens (including phenoxy) is 2. The zero-order valence-corrected chi connectivity index (χ0v) is 16.3. The van der Waals surface area contributed by atoms with Crippen LogP contribution < -0.4 is 5.32 Å². The second kappa shape index (κ2) is 7.92. The van der Waals surface area contributed by atoms with E-state index in [-0.39, 0.29) is 0 Å². The average molecular weight is 387 g/mol. The second-order valence-corrected chi connectivity index (χ2v) is 7.67. The van der Waals surface area contributed by atoms with Crippen LogP contribution in [-0.2, 0) is 27.1 Å². The molecule has 0 aliphatic heterocycles. The summed E-state index contributed by atoms with van der Waals surface area (Å²) in [4.78, 5) is 37.2. The number of nitrogens with one attached hydrogen (secondary N) is 1. The van der Waals surface area contributed by atoms with E-state index in [1.165, 1.54) is 29.6 Å². The monoisotopic (exact) mass is 387 g/mol. The Morgan fingerprint density at radius 1 is 1.11 bits per heavy atom. The number of fused-ring (bicyclic) bond motifs is 1. The molecule has 6 nitrogen and oxygen atoms in total. The van der Waals surface area contributed by atoms with E-state index in [1.54, 1.807) is 13.0 Å². The van der Waals surface area contributed by atoms with Gasteiger partial charge in [-0.2, -0.15) is 0 Å². The maximum Gasteiger partial charge on any atom is 0.341 e. The van der Waals surface area contributed by atoms with E-state index in [2.05, 4.69) is 5.32 Å². The summed E-state index contributed by atoms with van der Waals surface area (Å²) < 4.78 is 9.90. The minimum absolute atomic E-state index is 0.332. The summed E-state index contributed by atoms with van der Waals surface area (Å²) in [6.45, 7) is 3.23. The summed E-state index contributed by atoms with van der Waals surface area (Å²) in [5, 5.41) is 3.04. The molecular formula is C20H21NO5S. The van der Waals surface area contributed by atoms with E-state index < -0.39 is 24.5 Å². The van der Waals surface area contributed by atoms with Crippen molar-refractivity contribution in [3.8, 4) is 0 Å². The number of amides is 1. The van der Waals surface area contributed by atoms with Crippen LogP contribution in [0.15, 0.2) is 18.2 Å². The van der Waals surface area contributed by atoms with E-state index in [0.717, 1.165) is 29.7 Å². The first-order chi connectivity index (χ1) is 12.9. The van der Waals surface area contributed by atoms with Crippen LogP contribution in [0.2, 0.25) is 0 Å². The molecule has 0 bridgehead atoms. The number of rotatable bonds is 5. The third-order valence-electron chi connectivity index (χ3n) is 4.70. The molecule has 1 heterocycles. The highest BCUT2D eigenvalue weighted by Crippen LogP contribution is 2.32. The first kappa shape index (κ1) is 19.1. The number of esters is 2. The molecule has 0 unspecified atom stereocenters. The molecule has 27 heavy (non-hydrogen) atoms. The topological polar surface area (TPSA) is 81.7 Å². The lowest BCUT2D eigenvalue weighted by Gasteiger charge is -2.08. The SMILES string of the molecule is COC(=O)c1c(NC(=O)COC(=O)c2ccc3c(c2)CCC3)sc(C)c1C. The van der Waals surface area contributed by atoms with Crippen molar-refractivity contribution in [2.75, 3.05) is 19.0 Å². The maximum atomic E-state index is 12.2. The quantitative estimate of drug-likeness (QED) is 0.795. The van der Waals surface area contributed by atoms with E-state index >= 15 is 0 Å². The van der Waals surface area contributed by atoms with E-state index in [0.29, 0.717) is 16.1 Å². The molecule has 1 aromatic carbocycles. The van der Waals surface area contributed by atoms with Gasteiger partial charge in [-0.1, -0.05) is 6.07 Å². The van der Waals surface area contributed by atoms with Gasteiger partial charge in [0.15, 0.2) is 6.61 Å². The molecule has 0 radical (unpaired) electrons. The van der Waals surface area contributed by atoms with Gasteiger partial charge in [-0.3, -0.25) is 4.79 Å². The van der Waals surface area contributed by atoms with Crippen LogP contribution in [0.5, 0.6) is 0 Å². The van der Waals surface area contributed by atoms with Gasteiger partial charge in [0, 0.05) is 4.88 Å². The summed E-state index contributed by atoms with van der Waals surface area (Å²) in [6.07, 6.45) is 3.10. The van der Waals surface area contributed by atoms with Crippen molar-refractivity contribution in [2.24, 2.45) is 0 Å². The Kier molecular flexibility index (Phi) is 5.60. The summed E-state index contributed by atoms with van der Waals surface area (Å²) in [7, 11) is 1.29. The highest BCUT2D eigenvalue weighted by molar-refractivity contribution is 7.16. The Morgan fingerprint density at radius 3 is 2.59 bits per heavy atom. The van der Waals surface area contributed by atoms with Crippen molar-refractivity contribution in [3.63, 3.8) is 0 Å². The number of methoxy groups -OCH3 is 1. The molecule has 1 aliphatic rings. The molecule has 0 spiro atoms. The molecule has 1 amide bonds. The Balaban J connectivity index is 1.63. The zero-order chi connectivity index (χ0) is 19.6. The first-order valence-corrected chi connectivity index (χ1v) is 9.49. The van der Waals surface area contributed by atoms with Crippen LogP contribution in [0.4, 0.5) is 5.00 Å². The van der Waals surface area contributed by atoms with Gasteiger partial charge in [-0.25, -0.2) is 9.59 Å². The molecule has 1 aromatic heterocycles. The molecule has 0 saturated heterocycles. The number of benzene rings is 1. The van der Waals surface area contributed by atoms with Crippen molar-refractivity contribution in [2.45, 2.75) is 33.1 Å². The molecule has 3 rings (SSSR count). The van der Waals surface area contributed by atoms with Crippen LogP contribution in [0.25, 0.3) is 0 Å². The highest BCUT2D eigenvalue weighted by atomic mass is 32.1. The minimum Gasteiger partial charge on any atom is -0.465 e. The number of hydrogen-bond acceptors (Lipinski definition) is 6. The molecule has 7 heteroatoms. The lowest BCUT2D eigenvalue weighted by molar-refractivity contribution is -0.119. The second-order valence-electron chi connectivity index (χ2n) is 6.44. The molecule has 2 aromatic rings. The average Bonchev–Trinajstić information content (AvgIpc) is 3.23. The van der Waals surface area contributed by atoms with Crippen LogP contribution in [0.3, 0.4) is 0 Å². The number of carbonyl (C=O) groups is 3. The van der Waals surface area contributed by atoms with Gasteiger partial charge in [-0.15, -0.1) is 11.3 Å². The molecular weight excluding hydrogens is 366 g/mol. The van der Waals surface area contributed by atoms with Crippen molar-refractivity contribution < 1.29 is 23.9 Å². The molecule has 1 N–H and O–H groups in total. The van der Waals surface area contributed by atoms with Crippen LogP contribution in [0.1, 0.15) is 48.7 Å². The van der Waals surface area contributed by atoms with Crippen molar-refractivity contribution in [1.29, 1.82) is 0 Å². The summed E-state index contributed by atoms with van der Waals surface area (Å²) in [5.41, 5.74) is 3.97. The molecule has 142 valence electrons. The predicted octanol–water partition coefficient (Wildman–Crippen LogP) is 3.44. The molecule has 1 aliphatic carbocycles. The lowest BCUT2D eigenvalue weighted by Crippen LogP contribution is -2.21. The van der Waals surface area contributed by atoms with Gasteiger partial charge >= 0.3 is 11.9 Å². The number of anilines is 1. The third-order valence-corrected chi connectivity index (χ3v) is 5.82. The van der Waals surface area contributed by atoms with E-state index in [9.17, 15) is 14.4 Å². The predicted molar refractivity (Wildman–Crippen MR) is 103 cm³/mol. The number of carbonyl (C=O) groups excluding carboxylic acids is 3. The molecule has 0 fully saturated rings. The number of aryl methyl sites for hydroxylation is 3. The fourth-order valence-electron chi connectivity index (χ4n) is 3.14. The van der Waals surface area contributed by atoms with Crippen LogP contribution >= 0.6 is 11.3 Å². The summed E-state index contributed by atoms with van der Waals surface area (Å²) >= 11 is 1.28. The first-order valence-electron chi connectivity index (χ1n) is 8.67. The van der Waals surface area contributed by atoms with Gasteiger partial charge in [0.2, 0.25) is 0 Å². The number of thiophene rings is 1. The van der Waals surface area contributed by atoms with Gasteiger partial charge < -0.3 is 14.8 Å². The fourth-order valence-corrected chi connectivity index (χ4v) is 4.20. The highest BCUT2D eigenvalue weighted by Gasteiger charge is 2.22. The van der Waals surface area contributed by atoms with E-state index in [4.69, 9.17) is 9.47 Å². The Labute approximate surface area is 161 Å². The molecule has 0 saturated carbocycles. The van der Waals surface area contributed by atoms with Gasteiger partial charge in [0.05, 0.1) is 18.2 Å². The largest absolute Gasteiger partial charge is 0.465 e. The summed E-state index contributed by atoms with van der Waals surface area (Å²) in [6, 6.07) is 5.51. The van der Waals surface area contributed by atoms with Crippen molar-refractivity contribution in [1.82, 2.24) is 0 Å². The lowest BCUT2D eigenvalue weighted by atomic mass is 10.1. The van der Waals surface area contributed by atoms with Crippen molar-refractivity contribution >= 4 is 34.2 Å². The van der Waals surface area contributed by atoms with Crippen molar-refractivity contribution in [3.05, 3.63) is 50.9 Å². The Bertz CT molecular complexity index is 915. The minimum atomic E-state index is -0.536. The van der Waals surface area contributed by atoms with Crippen LogP contribution in [-0.4, -0.2) is 31.6 Å².